The van der Waals surface area contributed by atoms with Crippen LogP contribution in [0, 0.1) is 0 Å². The average Bonchev–Trinajstić information content (AvgIpc) is 3.32. The maximum absolute atomic E-state index is 14.0. The molecule has 0 fully saturated rings. The molecule has 2 aromatic carbocycles. The molecule has 1 aliphatic heterocycles. The third kappa shape index (κ3) is 6.91. The summed E-state index contributed by atoms with van der Waals surface area (Å²) in [4.78, 5) is 41.3. The number of hydrogen-bond acceptors (Lipinski definition) is 11. The van der Waals surface area contributed by atoms with Gasteiger partial charge in [0, 0.05) is 0 Å². The van der Waals surface area contributed by atoms with Crippen LogP contribution in [-0.4, -0.2) is 56.1 Å². The van der Waals surface area contributed by atoms with Crippen molar-refractivity contribution in [2.75, 3.05) is 27.4 Å². The topological polar surface area (TPSA) is 138 Å². The van der Waals surface area contributed by atoms with Crippen LogP contribution in [0.15, 0.2) is 46.8 Å². The molecule has 3 aromatic rings. The first-order valence-electron chi connectivity index (χ1n) is 15.0. The monoisotopic (exact) mass is 652 g/mol. The van der Waals surface area contributed by atoms with E-state index >= 15 is 0 Å². The summed E-state index contributed by atoms with van der Waals surface area (Å²) in [5, 5.41) is 0. The van der Waals surface area contributed by atoms with Gasteiger partial charge in [-0.05, 0) is 83.0 Å². The molecule has 2 heterocycles. The third-order valence-corrected chi connectivity index (χ3v) is 7.98. The molecule has 4 rings (SSSR count). The van der Waals surface area contributed by atoms with Crippen LogP contribution in [0.5, 0.6) is 23.0 Å². The highest BCUT2D eigenvalue weighted by Gasteiger charge is 2.40. The Morgan fingerprint density at radius 3 is 1.93 bits per heavy atom. The lowest BCUT2D eigenvalue weighted by Gasteiger charge is -2.27. The molecule has 0 aliphatic carbocycles. The van der Waals surface area contributed by atoms with Gasteiger partial charge in [-0.1, -0.05) is 12.1 Å². The van der Waals surface area contributed by atoms with Crippen molar-refractivity contribution in [1.29, 1.82) is 0 Å². The summed E-state index contributed by atoms with van der Waals surface area (Å²) in [5.41, 5.74) is 7.27. The molecular formula is C34H40N2O9S. The number of nitrogens with zero attached hydrogens (tertiary/aromatic N) is 1. The largest absolute Gasteiger partial charge is 0.493 e. The summed E-state index contributed by atoms with van der Waals surface area (Å²) in [6.07, 6.45) is 1.47. The fraction of sp³-hybridized carbons (Fsp3) is 0.382. The van der Waals surface area contributed by atoms with Gasteiger partial charge in [-0.15, -0.1) is 11.3 Å². The lowest BCUT2D eigenvalue weighted by Crippen LogP contribution is -2.42. The number of nitrogens with two attached hydrogens (primary N) is 1. The van der Waals surface area contributed by atoms with E-state index in [0.717, 1.165) is 11.3 Å². The van der Waals surface area contributed by atoms with E-state index in [4.69, 9.17) is 34.2 Å². The summed E-state index contributed by atoms with van der Waals surface area (Å²) in [7, 11) is 3.03. The Labute approximate surface area is 271 Å². The van der Waals surface area contributed by atoms with E-state index in [1.54, 1.807) is 56.3 Å². The Bertz CT molecular complexity index is 1840. The summed E-state index contributed by atoms with van der Waals surface area (Å²) < 4.78 is 35.4. The van der Waals surface area contributed by atoms with Gasteiger partial charge in [-0.2, -0.15) is 0 Å². The minimum atomic E-state index is -1.04. The Balaban J connectivity index is 2.05. The number of methoxy groups -OCH3 is 2. The lowest BCUT2D eigenvalue weighted by molar-refractivity contribution is -0.138. The SMILES string of the molecule is CCOC(=O)C1=C(N)n2c(s/c(=C\c3ccc(OC(C)C)c(OC)c3)c2=O)=C(C(=O)OCC)C1c1ccc(OC(C)C)c(OC)c1. The van der Waals surface area contributed by atoms with Crippen LogP contribution < -0.4 is 39.4 Å². The molecule has 0 saturated heterocycles. The number of carbonyl (C=O) groups excluding carboxylic acids is 2. The number of carbonyl (C=O) groups is 2. The van der Waals surface area contributed by atoms with Gasteiger partial charge >= 0.3 is 11.9 Å². The third-order valence-electron chi connectivity index (χ3n) is 6.87. The summed E-state index contributed by atoms with van der Waals surface area (Å²) >= 11 is 1.06. The molecule has 0 spiro atoms. The first-order chi connectivity index (χ1) is 21.9. The first-order valence-corrected chi connectivity index (χ1v) is 15.8. The highest BCUT2D eigenvalue weighted by atomic mass is 32.1. The molecule has 0 radical (unpaired) electrons. The van der Waals surface area contributed by atoms with E-state index < -0.39 is 23.4 Å². The van der Waals surface area contributed by atoms with Crippen LogP contribution in [-0.2, 0) is 19.1 Å². The fourth-order valence-electron chi connectivity index (χ4n) is 5.09. The van der Waals surface area contributed by atoms with Crippen LogP contribution in [0.3, 0.4) is 0 Å². The summed E-state index contributed by atoms with van der Waals surface area (Å²) in [5.74, 6) is -0.747. The number of aromatic nitrogens is 1. The van der Waals surface area contributed by atoms with Crippen LogP contribution in [0.25, 0.3) is 17.5 Å². The first kappa shape index (κ1) is 34.2. The highest BCUT2D eigenvalue weighted by Crippen LogP contribution is 2.41. The minimum Gasteiger partial charge on any atom is -0.493 e. The zero-order chi connectivity index (χ0) is 33.7. The zero-order valence-corrected chi connectivity index (χ0v) is 28.1. The average molecular weight is 653 g/mol. The molecule has 0 amide bonds. The normalized spacial score (nSPS) is 14.8. The second-order valence-electron chi connectivity index (χ2n) is 10.8. The van der Waals surface area contributed by atoms with E-state index in [2.05, 4.69) is 0 Å². The highest BCUT2D eigenvalue weighted by molar-refractivity contribution is 7.07. The van der Waals surface area contributed by atoms with Crippen molar-refractivity contribution in [1.82, 2.24) is 4.57 Å². The molecule has 0 bridgehead atoms. The number of ether oxygens (including phenoxy) is 6. The number of hydrogen-bond donors (Lipinski definition) is 1. The summed E-state index contributed by atoms with van der Waals surface area (Å²) in [6.45, 7) is 11.0. The second kappa shape index (κ2) is 14.6. The second-order valence-corrected chi connectivity index (χ2v) is 11.8. The fourth-order valence-corrected chi connectivity index (χ4v) is 6.25. The molecule has 1 aliphatic rings. The predicted molar refractivity (Wildman–Crippen MR) is 176 cm³/mol. The molecule has 1 atom stereocenters. The Hall–Kier alpha value is -4.71. The van der Waals surface area contributed by atoms with Gasteiger partial charge in [0.25, 0.3) is 5.56 Å². The van der Waals surface area contributed by atoms with E-state index in [1.807, 2.05) is 27.7 Å². The quantitative estimate of drug-likeness (QED) is 0.289. The number of thiazole rings is 1. The van der Waals surface area contributed by atoms with Crippen molar-refractivity contribution in [2.24, 2.45) is 5.73 Å². The maximum atomic E-state index is 14.0. The Kier molecular flexibility index (Phi) is 10.8. The number of benzene rings is 2. The Morgan fingerprint density at radius 1 is 0.848 bits per heavy atom. The van der Waals surface area contributed by atoms with Crippen LogP contribution in [0.1, 0.15) is 58.6 Å². The minimum absolute atomic E-state index is 0.0460. The van der Waals surface area contributed by atoms with Crippen molar-refractivity contribution in [3.8, 4) is 23.0 Å². The molecule has 12 heteroatoms. The van der Waals surface area contributed by atoms with Gasteiger partial charge in [0.15, 0.2) is 23.0 Å². The van der Waals surface area contributed by atoms with Crippen LogP contribution >= 0.6 is 11.3 Å². The van der Waals surface area contributed by atoms with Crippen molar-refractivity contribution in [3.63, 3.8) is 0 Å². The summed E-state index contributed by atoms with van der Waals surface area (Å²) in [6, 6.07) is 10.4. The number of esters is 2. The lowest BCUT2D eigenvalue weighted by atomic mass is 9.83. The van der Waals surface area contributed by atoms with Crippen molar-refractivity contribution in [3.05, 3.63) is 72.6 Å². The van der Waals surface area contributed by atoms with Gasteiger partial charge in [0.2, 0.25) is 0 Å². The van der Waals surface area contributed by atoms with Gasteiger partial charge in [-0.3, -0.25) is 9.36 Å². The van der Waals surface area contributed by atoms with Crippen molar-refractivity contribution >= 4 is 40.7 Å². The predicted octanol–water partition coefficient (Wildman–Crippen LogP) is 3.53. The van der Waals surface area contributed by atoms with Crippen LogP contribution in [0.4, 0.5) is 0 Å². The smallest absolute Gasteiger partial charge is 0.338 e. The molecule has 1 unspecified atom stereocenters. The van der Waals surface area contributed by atoms with E-state index in [9.17, 15) is 14.4 Å². The van der Waals surface area contributed by atoms with Crippen LogP contribution in [0.2, 0.25) is 0 Å². The molecule has 0 saturated carbocycles. The van der Waals surface area contributed by atoms with Crippen molar-refractivity contribution in [2.45, 2.75) is 59.7 Å². The Morgan fingerprint density at radius 2 is 1.39 bits per heavy atom. The number of fused-ring (bicyclic) bond motifs is 1. The molecule has 246 valence electrons. The van der Waals surface area contributed by atoms with Crippen molar-refractivity contribution < 1.29 is 38.0 Å². The standard InChI is InChI=1S/C34H40N2O9S/c1-9-42-33(38)28-27(21-12-14-23(45-19(5)6)25(17-21)41-8)29(34(39)43-10-2)32-36(30(28)35)31(37)26(46-32)16-20-11-13-22(44-18(3)4)24(15-20)40-7/h11-19,27H,9-10,35H2,1-8H3/b26-16-. The van der Waals surface area contributed by atoms with Gasteiger partial charge in [0.1, 0.15) is 10.5 Å². The van der Waals surface area contributed by atoms with Gasteiger partial charge < -0.3 is 34.2 Å². The molecule has 2 N–H and O–H groups in total. The van der Waals surface area contributed by atoms with E-state index in [1.165, 1.54) is 18.8 Å². The van der Waals surface area contributed by atoms with Gasteiger partial charge in [-0.25, -0.2) is 9.59 Å². The maximum Gasteiger partial charge on any atom is 0.338 e. The molecule has 11 nitrogen and oxygen atoms in total. The molecular weight excluding hydrogens is 612 g/mol. The van der Waals surface area contributed by atoms with E-state index in [0.29, 0.717) is 34.1 Å². The van der Waals surface area contributed by atoms with Gasteiger partial charge in [0.05, 0.1) is 61.2 Å². The molecule has 46 heavy (non-hydrogen) atoms. The zero-order valence-electron chi connectivity index (χ0n) is 27.3. The molecule has 1 aromatic heterocycles. The van der Waals surface area contributed by atoms with E-state index in [-0.39, 0.29) is 51.6 Å². The number of rotatable bonds is 12.